The number of halogens is 1. The standard InChI is InChI=1S/C15H19ClN4O6S2/c1-3-26-20-14(27-4-2)17-19(15(20)22)13(21)18-28(23,24)12-8-6-5-7-11(12)25-10-9-16/h5-8H,3-4,9-10H2,1-2H3,(H,18,21). The Kier molecular flexibility index (Phi) is 7.78. The molecule has 0 saturated heterocycles. The average molecular weight is 451 g/mol. The Bertz CT molecular complexity index is 989. The maximum atomic E-state index is 12.6. The summed E-state index contributed by atoms with van der Waals surface area (Å²) in [5.74, 6) is 0.746. The molecule has 1 aromatic heterocycles. The van der Waals surface area contributed by atoms with Gasteiger partial charge in [-0.2, -0.15) is 0 Å². The number of sulfonamides is 1. The van der Waals surface area contributed by atoms with Crippen molar-refractivity contribution in [2.45, 2.75) is 23.9 Å². The maximum Gasteiger partial charge on any atom is 0.388 e. The summed E-state index contributed by atoms with van der Waals surface area (Å²) in [5, 5.41) is 3.98. The van der Waals surface area contributed by atoms with Crippen LogP contribution in [0.3, 0.4) is 0 Å². The summed E-state index contributed by atoms with van der Waals surface area (Å²) in [6.07, 6.45) is 0. The first kappa shape index (κ1) is 22.1. The molecule has 2 aromatic rings. The van der Waals surface area contributed by atoms with Crippen molar-refractivity contribution in [1.82, 2.24) is 19.2 Å². The maximum absolute atomic E-state index is 12.6. The van der Waals surface area contributed by atoms with Gasteiger partial charge < -0.3 is 9.57 Å². The number of thioether (sulfide) groups is 1. The van der Waals surface area contributed by atoms with Gasteiger partial charge in [0.25, 0.3) is 10.0 Å². The second-order valence-electron chi connectivity index (χ2n) is 5.02. The number of carbonyl (C=O) groups is 1. The fourth-order valence-electron chi connectivity index (χ4n) is 2.08. The number of hydrogen-bond donors (Lipinski definition) is 1. The molecule has 0 saturated carbocycles. The topological polar surface area (TPSA) is 122 Å². The highest BCUT2D eigenvalue weighted by Crippen LogP contribution is 2.23. The Morgan fingerprint density at radius 2 is 2.04 bits per heavy atom. The van der Waals surface area contributed by atoms with E-state index in [1.54, 1.807) is 13.0 Å². The molecule has 1 aromatic carbocycles. The molecular formula is C15H19ClN4O6S2. The molecule has 0 aliphatic carbocycles. The van der Waals surface area contributed by atoms with Gasteiger partial charge in [0.15, 0.2) is 0 Å². The lowest BCUT2D eigenvalue weighted by molar-refractivity contribution is 0.0935. The number of amides is 1. The van der Waals surface area contributed by atoms with Crippen LogP contribution in [-0.2, 0) is 10.0 Å². The number of nitrogens with zero attached hydrogens (tertiary/aromatic N) is 3. The first-order valence-electron chi connectivity index (χ1n) is 8.18. The van der Waals surface area contributed by atoms with Gasteiger partial charge in [-0.25, -0.2) is 22.7 Å². The van der Waals surface area contributed by atoms with Gasteiger partial charge in [0.2, 0.25) is 5.16 Å². The van der Waals surface area contributed by atoms with E-state index in [2.05, 4.69) is 5.10 Å². The first-order chi connectivity index (χ1) is 13.4. The first-order valence-corrected chi connectivity index (χ1v) is 11.2. The van der Waals surface area contributed by atoms with E-state index in [1.165, 1.54) is 18.2 Å². The molecule has 0 radical (unpaired) electrons. The monoisotopic (exact) mass is 450 g/mol. The smallest absolute Gasteiger partial charge is 0.388 e. The molecule has 0 unspecified atom stereocenters. The van der Waals surface area contributed by atoms with Crippen LogP contribution in [0, 0.1) is 0 Å². The predicted molar refractivity (Wildman–Crippen MR) is 104 cm³/mol. The Labute approximate surface area is 170 Å². The van der Waals surface area contributed by atoms with Crippen LogP contribution in [0.15, 0.2) is 39.1 Å². The van der Waals surface area contributed by atoms with Crippen LogP contribution in [0.1, 0.15) is 13.8 Å². The van der Waals surface area contributed by atoms with Crippen molar-refractivity contribution in [3.05, 3.63) is 34.7 Å². The zero-order valence-corrected chi connectivity index (χ0v) is 17.5. The van der Waals surface area contributed by atoms with Crippen molar-refractivity contribution in [2.75, 3.05) is 24.8 Å². The number of rotatable bonds is 9. The molecule has 154 valence electrons. The van der Waals surface area contributed by atoms with Crippen LogP contribution in [-0.4, -0.2) is 53.8 Å². The summed E-state index contributed by atoms with van der Waals surface area (Å²) in [4.78, 5) is 29.7. The van der Waals surface area contributed by atoms with E-state index in [0.717, 1.165) is 16.5 Å². The number of para-hydroxylation sites is 1. The van der Waals surface area contributed by atoms with Crippen LogP contribution in [0.25, 0.3) is 0 Å². The molecule has 1 N–H and O–H groups in total. The summed E-state index contributed by atoms with van der Waals surface area (Å²) in [5.41, 5.74) is -0.919. The van der Waals surface area contributed by atoms with Gasteiger partial charge >= 0.3 is 11.7 Å². The van der Waals surface area contributed by atoms with E-state index in [1.807, 2.05) is 11.6 Å². The third-order valence-corrected chi connectivity index (χ3v) is 5.44. The molecule has 0 aliphatic rings. The van der Waals surface area contributed by atoms with Crippen molar-refractivity contribution in [3.8, 4) is 5.75 Å². The minimum absolute atomic E-state index is 0.0258. The lowest BCUT2D eigenvalue weighted by Crippen LogP contribution is -2.41. The van der Waals surface area contributed by atoms with Crippen LogP contribution >= 0.6 is 23.4 Å². The molecule has 1 heterocycles. The predicted octanol–water partition coefficient (Wildman–Crippen LogP) is 1.17. The van der Waals surface area contributed by atoms with Crippen molar-refractivity contribution in [3.63, 3.8) is 0 Å². The van der Waals surface area contributed by atoms with Crippen LogP contribution in [0.5, 0.6) is 5.75 Å². The zero-order chi connectivity index (χ0) is 20.7. The number of aromatic nitrogens is 3. The van der Waals surface area contributed by atoms with Gasteiger partial charge in [-0.05, 0) is 24.8 Å². The largest absolute Gasteiger partial charge is 0.491 e. The summed E-state index contributed by atoms with van der Waals surface area (Å²) < 4.78 is 33.6. The third kappa shape index (κ3) is 5.00. The van der Waals surface area contributed by atoms with Gasteiger partial charge in [-0.1, -0.05) is 30.8 Å². The van der Waals surface area contributed by atoms with Crippen molar-refractivity contribution >= 4 is 39.4 Å². The van der Waals surface area contributed by atoms with Gasteiger partial charge in [0.1, 0.15) is 23.9 Å². The molecule has 0 bridgehead atoms. The molecule has 0 atom stereocenters. The minimum Gasteiger partial charge on any atom is -0.491 e. The summed E-state index contributed by atoms with van der Waals surface area (Å²) in [6, 6.07) is 4.50. The van der Waals surface area contributed by atoms with Crippen molar-refractivity contribution in [2.24, 2.45) is 0 Å². The second kappa shape index (κ2) is 9.85. The summed E-state index contributed by atoms with van der Waals surface area (Å²) >= 11 is 6.73. The van der Waals surface area contributed by atoms with Crippen molar-refractivity contribution in [1.29, 1.82) is 0 Å². The van der Waals surface area contributed by atoms with E-state index in [0.29, 0.717) is 10.4 Å². The Hall–Kier alpha value is -2.18. The molecule has 0 fully saturated rings. The average Bonchev–Trinajstić information content (AvgIpc) is 2.97. The number of ether oxygens (including phenoxy) is 1. The zero-order valence-electron chi connectivity index (χ0n) is 15.1. The Morgan fingerprint density at radius 1 is 1.32 bits per heavy atom. The molecule has 1 amide bonds. The Balaban J connectivity index is 2.34. The third-order valence-electron chi connectivity index (χ3n) is 3.13. The fourth-order valence-corrected chi connectivity index (χ4v) is 3.88. The number of alkyl halides is 1. The minimum atomic E-state index is -4.34. The van der Waals surface area contributed by atoms with Gasteiger partial charge in [-0.3, -0.25) is 0 Å². The van der Waals surface area contributed by atoms with E-state index >= 15 is 0 Å². The molecular weight excluding hydrogens is 432 g/mol. The fraction of sp³-hybridized carbons (Fsp3) is 0.400. The lowest BCUT2D eigenvalue weighted by atomic mass is 10.3. The summed E-state index contributed by atoms with van der Waals surface area (Å²) in [6.45, 7) is 3.73. The molecule has 28 heavy (non-hydrogen) atoms. The quantitative estimate of drug-likeness (QED) is 0.446. The highest BCUT2D eigenvalue weighted by molar-refractivity contribution is 7.99. The molecule has 0 spiro atoms. The normalized spacial score (nSPS) is 11.2. The number of nitrogens with one attached hydrogen (secondary N) is 1. The van der Waals surface area contributed by atoms with Crippen LogP contribution in [0.2, 0.25) is 0 Å². The highest BCUT2D eigenvalue weighted by atomic mass is 35.5. The number of hydrogen-bond acceptors (Lipinski definition) is 8. The van der Waals surface area contributed by atoms with E-state index in [4.69, 9.17) is 21.2 Å². The molecule has 0 aliphatic heterocycles. The highest BCUT2D eigenvalue weighted by Gasteiger charge is 2.26. The number of carbonyl (C=O) groups excluding carboxylic acids is 1. The molecule has 13 heteroatoms. The van der Waals surface area contributed by atoms with E-state index in [9.17, 15) is 18.0 Å². The number of benzene rings is 1. The summed E-state index contributed by atoms with van der Waals surface area (Å²) in [7, 11) is -4.34. The van der Waals surface area contributed by atoms with Gasteiger partial charge in [0, 0.05) is 0 Å². The lowest BCUT2D eigenvalue weighted by Gasteiger charge is -2.11. The molecule has 10 nitrogen and oxygen atoms in total. The van der Waals surface area contributed by atoms with E-state index in [-0.39, 0.29) is 34.9 Å². The van der Waals surface area contributed by atoms with E-state index < -0.39 is 21.7 Å². The van der Waals surface area contributed by atoms with Gasteiger partial charge in [-0.15, -0.1) is 26.1 Å². The molecule has 2 rings (SSSR count). The Morgan fingerprint density at radius 3 is 2.68 bits per heavy atom. The SMILES string of the molecule is CCOn1c(SCC)nn(C(=O)NS(=O)(=O)c2ccccc2OCCCl)c1=O. The van der Waals surface area contributed by atoms with Crippen LogP contribution in [0.4, 0.5) is 4.79 Å². The van der Waals surface area contributed by atoms with Crippen LogP contribution < -0.4 is 20.0 Å². The van der Waals surface area contributed by atoms with Gasteiger partial charge in [0.05, 0.1) is 5.88 Å². The second-order valence-corrected chi connectivity index (χ2v) is 8.28. The van der Waals surface area contributed by atoms with Crippen molar-refractivity contribution < 1.29 is 22.8 Å².